The molecule has 0 aromatic rings. The quantitative estimate of drug-likeness (QED) is 0.453. The Labute approximate surface area is 105 Å². The summed E-state index contributed by atoms with van der Waals surface area (Å²) in [6, 6.07) is 0. The highest BCUT2D eigenvalue weighted by Crippen LogP contribution is 2.15. The molecule has 18 heavy (non-hydrogen) atoms. The monoisotopic (exact) mass is 261 g/mol. The van der Waals surface area contributed by atoms with Crippen LogP contribution in [0, 0.1) is 5.92 Å². The Bertz CT molecular complexity index is 302. The molecule has 3 N–H and O–H groups in total. The summed E-state index contributed by atoms with van der Waals surface area (Å²) in [4.78, 5) is 29.6. The van der Waals surface area contributed by atoms with Crippen LogP contribution in [0.4, 0.5) is 0 Å². The molecule has 0 aliphatic carbocycles. The van der Waals surface area contributed by atoms with Crippen LogP contribution < -0.4 is 5.32 Å². The lowest BCUT2D eigenvalue weighted by molar-refractivity contribution is -0.159. The standard InChI is InChI=1S/C9H17NO2.C2H2O4/c1-9(2,3)12-8(11)7-4-5-10-6-7;3-1(4)2(5)6/h7,10H,4-6H2,1-3H3;(H,3,4)(H,5,6)/t7-;/m1./s1. The van der Waals surface area contributed by atoms with Gasteiger partial charge in [-0.1, -0.05) is 0 Å². The highest BCUT2D eigenvalue weighted by atomic mass is 16.6. The third-order valence-corrected chi connectivity index (χ3v) is 1.98. The zero-order valence-corrected chi connectivity index (χ0v) is 10.7. The van der Waals surface area contributed by atoms with E-state index in [-0.39, 0.29) is 17.5 Å². The average Bonchev–Trinajstić information content (AvgIpc) is 2.68. The molecular weight excluding hydrogens is 242 g/mol. The molecule has 1 fully saturated rings. The fraction of sp³-hybridized carbons (Fsp3) is 0.727. The molecule has 0 unspecified atom stereocenters. The van der Waals surface area contributed by atoms with E-state index < -0.39 is 11.9 Å². The minimum Gasteiger partial charge on any atom is -0.473 e. The van der Waals surface area contributed by atoms with Crippen LogP contribution in [-0.2, 0) is 19.1 Å². The van der Waals surface area contributed by atoms with E-state index in [0.29, 0.717) is 0 Å². The van der Waals surface area contributed by atoms with Crippen molar-refractivity contribution in [2.45, 2.75) is 32.8 Å². The van der Waals surface area contributed by atoms with Crippen molar-refractivity contribution >= 4 is 17.9 Å². The summed E-state index contributed by atoms with van der Waals surface area (Å²) in [5.41, 5.74) is -0.348. The number of nitrogens with one attached hydrogen (secondary N) is 1. The van der Waals surface area contributed by atoms with Gasteiger partial charge in [0.2, 0.25) is 0 Å². The minimum atomic E-state index is -1.82. The van der Waals surface area contributed by atoms with Gasteiger partial charge in [-0.15, -0.1) is 0 Å². The smallest absolute Gasteiger partial charge is 0.414 e. The molecule has 0 bridgehead atoms. The van der Waals surface area contributed by atoms with Crippen molar-refractivity contribution in [2.24, 2.45) is 5.92 Å². The Morgan fingerprint density at radius 2 is 1.67 bits per heavy atom. The Balaban J connectivity index is 0.000000411. The normalized spacial score (nSPS) is 18.5. The molecule has 1 heterocycles. The van der Waals surface area contributed by atoms with E-state index in [1.807, 2.05) is 20.8 Å². The zero-order valence-electron chi connectivity index (χ0n) is 10.7. The summed E-state index contributed by atoms with van der Waals surface area (Å²) in [5, 5.41) is 17.9. The van der Waals surface area contributed by atoms with Crippen molar-refractivity contribution < 1.29 is 29.3 Å². The third kappa shape index (κ3) is 7.61. The number of hydrogen-bond donors (Lipinski definition) is 3. The van der Waals surface area contributed by atoms with Gasteiger partial charge < -0.3 is 20.3 Å². The molecule has 0 amide bonds. The van der Waals surface area contributed by atoms with Gasteiger partial charge in [0.15, 0.2) is 0 Å². The van der Waals surface area contributed by atoms with E-state index in [9.17, 15) is 4.79 Å². The minimum absolute atomic E-state index is 0.0625. The fourth-order valence-corrected chi connectivity index (χ4v) is 1.24. The Hall–Kier alpha value is -1.63. The summed E-state index contributed by atoms with van der Waals surface area (Å²) in [5.74, 6) is -3.64. The SMILES string of the molecule is CC(C)(C)OC(=O)[C@@H]1CCNC1.O=C(O)C(=O)O. The summed E-state index contributed by atoms with van der Waals surface area (Å²) in [6.45, 7) is 7.40. The Morgan fingerprint density at radius 3 is 1.94 bits per heavy atom. The summed E-state index contributed by atoms with van der Waals surface area (Å²) in [6.07, 6.45) is 0.912. The number of carboxylic acid groups (broad SMARTS) is 2. The third-order valence-electron chi connectivity index (χ3n) is 1.98. The predicted octanol–water partition coefficient (Wildman–Crippen LogP) is 0.0932. The van der Waals surface area contributed by atoms with Crippen molar-refractivity contribution in [1.82, 2.24) is 5.32 Å². The number of ether oxygens (including phenoxy) is 1. The number of hydrogen-bond acceptors (Lipinski definition) is 5. The van der Waals surface area contributed by atoms with Crippen molar-refractivity contribution in [2.75, 3.05) is 13.1 Å². The molecule has 1 saturated heterocycles. The van der Waals surface area contributed by atoms with E-state index in [0.717, 1.165) is 19.5 Å². The lowest BCUT2D eigenvalue weighted by atomic mass is 10.1. The van der Waals surface area contributed by atoms with E-state index in [2.05, 4.69) is 5.32 Å². The van der Waals surface area contributed by atoms with Crippen molar-refractivity contribution in [3.63, 3.8) is 0 Å². The predicted molar refractivity (Wildman–Crippen MR) is 62.1 cm³/mol. The topological polar surface area (TPSA) is 113 Å². The van der Waals surface area contributed by atoms with Crippen molar-refractivity contribution in [1.29, 1.82) is 0 Å². The second-order valence-electron chi connectivity index (χ2n) is 4.83. The number of carbonyl (C=O) groups is 3. The van der Waals surface area contributed by atoms with Crippen LogP contribution in [0.15, 0.2) is 0 Å². The lowest BCUT2D eigenvalue weighted by Crippen LogP contribution is -2.29. The molecular formula is C11H19NO6. The van der Waals surface area contributed by atoms with Gasteiger partial charge in [-0.25, -0.2) is 9.59 Å². The number of rotatable bonds is 1. The average molecular weight is 261 g/mol. The first-order valence-corrected chi connectivity index (χ1v) is 5.53. The first kappa shape index (κ1) is 16.4. The van der Waals surface area contributed by atoms with Gasteiger partial charge >= 0.3 is 17.9 Å². The maximum absolute atomic E-state index is 11.4. The van der Waals surface area contributed by atoms with Gasteiger partial charge in [0.05, 0.1) is 5.92 Å². The van der Waals surface area contributed by atoms with E-state index in [1.54, 1.807) is 0 Å². The number of aliphatic carboxylic acids is 2. The highest BCUT2D eigenvalue weighted by molar-refractivity contribution is 6.27. The maximum atomic E-state index is 11.4. The first-order valence-electron chi connectivity index (χ1n) is 5.53. The van der Waals surface area contributed by atoms with E-state index in [1.165, 1.54) is 0 Å². The molecule has 0 spiro atoms. The molecule has 0 aromatic carbocycles. The van der Waals surface area contributed by atoms with Gasteiger partial charge in [0.25, 0.3) is 0 Å². The van der Waals surface area contributed by atoms with Crippen LogP contribution in [0.2, 0.25) is 0 Å². The summed E-state index contributed by atoms with van der Waals surface area (Å²) < 4.78 is 5.24. The van der Waals surface area contributed by atoms with Crippen molar-refractivity contribution in [3.05, 3.63) is 0 Å². The lowest BCUT2D eigenvalue weighted by Gasteiger charge is -2.21. The second kappa shape index (κ2) is 6.95. The van der Waals surface area contributed by atoms with E-state index in [4.69, 9.17) is 24.5 Å². The van der Waals surface area contributed by atoms with Crippen LogP contribution in [0.25, 0.3) is 0 Å². The zero-order chi connectivity index (χ0) is 14.3. The van der Waals surface area contributed by atoms with Gasteiger partial charge in [0, 0.05) is 6.54 Å². The molecule has 1 atom stereocenters. The van der Waals surface area contributed by atoms with Crippen molar-refractivity contribution in [3.8, 4) is 0 Å². The highest BCUT2D eigenvalue weighted by Gasteiger charge is 2.27. The first-order chi connectivity index (χ1) is 8.13. The molecule has 7 heteroatoms. The van der Waals surface area contributed by atoms with E-state index >= 15 is 0 Å². The molecule has 0 saturated carbocycles. The molecule has 1 aliphatic rings. The number of carbonyl (C=O) groups excluding carboxylic acids is 1. The fourth-order valence-electron chi connectivity index (χ4n) is 1.24. The summed E-state index contributed by atoms with van der Waals surface area (Å²) in [7, 11) is 0. The molecule has 1 rings (SSSR count). The van der Waals surface area contributed by atoms with Crippen LogP contribution in [0.5, 0.6) is 0 Å². The van der Waals surface area contributed by atoms with Crippen LogP contribution in [0.1, 0.15) is 27.2 Å². The van der Waals surface area contributed by atoms with Gasteiger partial charge in [-0.05, 0) is 33.7 Å². The number of esters is 1. The Kier molecular flexibility index (Phi) is 6.32. The maximum Gasteiger partial charge on any atom is 0.414 e. The molecule has 1 aliphatic heterocycles. The van der Waals surface area contributed by atoms with Crippen LogP contribution in [0.3, 0.4) is 0 Å². The molecule has 104 valence electrons. The van der Waals surface area contributed by atoms with Gasteiger partial charge in [-0.2, -0.15) is 0 Å². The number of carboxylic acids is 2. The molecule has 0 radical (unpaired) electrons. The molecule has 0 aromatic heterocycles. The Morgan fingerprint density at radius 1 is 1.17 bits per heavy atom. The van der Waals surface area contributed by atoms with Crippen LogP contribution >= 0.6 is 0 Å². The summed E-state index contributed by atoms with van der Waals surface area (Å²) >= 11 is 0. The second-order valence-corrected chi connectivity index (χ2v) is 4.83. The largest absolute Gasteiger partial charge is 0.473 e. The van der Waals surface area contributed by atoms with Gasteiger partial charge in [-0.3, -0.25) is 4.79 Å². The molecule has 7 nitrogen and oxygen atoms in total. The van der Waals surface area contributed by atoms with Gasteiger partial charge in [0.1, 0.15) is 5.60 Å². The van der Waals surface area contributed by atoms with Crippen LogP contribution in [-0.4, -0.2) is 46.8 Å².